The first-order valence-corrected chi connectivity index (χ1v) is 17.7. The molecule has 2 aliphatic heterocycles. The maximum Gasteiger partial charge on any atom is 0.324 e. The largest absolute Gasteiger partial charge is 0.360 e. The van der Waals surface area contributed by atoms with Crippen molar-refractivity contribution in [3.63, 3.8) is 0 Å². The Balaban J connectivity index is 0.984. The number of aromatic nitrogens is 3. The number of anilines is 2. The third-order valence-electron chi connectivity index (χ3n) is 10.2. The first kappa shape index (κ1) is 33.5. The van der Waals surface area contributed by atoms with Gasteiger partial charge in [-0.1, -0.05) is 86.1 Å². The Morgan fingerprint density at radius 2 is 1.60 bits per heavy atom. The van der Waals surface area contributed by atoms with E-state index >= 15 is 0 Å². The zero-order valence-electron chi connectivity index (χ0n) is 29.6. The van der Waals surface area contributed by atoms with Gasteiger partial charge in [0.25, 0.3) is 0 Å². The van der Waals surface area contributed by atoms with Crippen LogP contribution < -0.4 is 10.6 Å². The van der Waals surface area contributed by atoms with Gasteiger partial charge >= 0.3 is 6.03 Å². The quantitative estimate of drug-likeness (QED) is 0.152. The molecule has 9 heteroatoms. The first-order valence-electron chi connectivity index (χ1n) is 17.7. The molecule has 50 heavy (non-hydrogen) atoms. The van der Waals surface area contributed by atoms with Crippen LogP contribution >= 0.6 is 0 Å². The Kier molecular flexibility index (Phi) is 9.18. The van der Waals surface area contributed by atoms with Crippen LogP contribution in [0.1, 0.15) is 79.4 Å². The number of hydrogen-bond donors (Lipinski definition) is 2. The van der Waals surface area contributed by atoms with Gasteiger partial charge in [-0.25, -0.2) is 9.48 Å². The Morgan fingerprint density at radius 1 is 0.880 bits per heavy atom. The van der Waals surface area contributed by atoms with Crippen molar-refractivity contribution >= 4 is 23.3 Å². The Bertz CT molecular complexity index is 1970. The number of piperidine rings is 1. The average molecular weight is 671 g/mol. The molecule has 2 N–H and O–H groups in total. The zero-order valence-corrected chi connectivity index (χ0v) is 29.6. The summed E-state index contributed by atoms with van der Waals surface area (Å²) in [5, 5.41) is 15.2. The summed E-state index contributed by atoms with van der Waals surface area (Å²) in [5.41, 5.74) is 6.84. The van der Waals surface area contributed by atoms with Gasteiger partial charge in [-0.05, 0) is 81.7 Å². The molecule has 0 spiro atoms. The van der Waals surface area contributed by atoms with E-state index in [1.165, 1.54) is 5.56 Å². The van der Waals surface area contributed by atoms with Gasteiger partial charge < -0.3 is 9.84 Å². The van der Waals surface area contributed by atoms with Gasteiger partial charge in [0.15, 0.2) is 5.78 Å². The number of rotatable bonds is 9. The van der Waals surface area contributed by atoms with Gasteiger partial charge in [0, 0.05) is 34.8 Å². The molecule has 2 saturated heterocycles. The van der Waals surface area contributed by atoms with Crippen molar-refractivity contribution < 1.29 is 14.1 Å². The number of hydrogen-bond acceptors (Lipinski definition) is 6. The Morgan fingerprint density at radius 3 is 2.30 bits per heavy atom. The highest BCUT2D eigenvalue weighted by atomic mass is 16.5. The van der Waals surface area contributed by atoms with Crippen molar-refractivity contribution in [3.05, 3.63) is 113 Å². The van der Waals surface area contributed by atoms with Crippen LogP contribution in [-0.4, -0.2) is 50.3 Å². The summed E-state index contributed by atoms with van der Waals surface area (Å²) in [6, 6.07) is 28.4. The summed E-state index contributed by atoms with van der Waals surface area (Å²) in [7, 11) is 0. The summed E-state index contributed by atoms with van der Waals surface area (Å²) in [6.45, 7) is 10.6. The number of amides is 2. The summed E-state index contributed by atoms with van der Waals surface area (Å²) in [5.74, 6) is 1.78. The molecular formula is C41H46N6O3. The Labute approximate surface area is 294 Å². The molecular weight excluding hydrogens is 624 g/mol. The Hall–Kier alpha value is -5.02. The monoisotopic (exact) mass is 670 g/mol. The third-order valence-corrected chi connectivity index (χ3v) is 10.2. The van der Waals surface area contributed by atoms with Crippen LogP contribution in [0.25, 0.3) is 16.9 Å². The molecule has 5 aromatic rings. The van der Waals surface area contributed by atoms with Gasteiger partial charge in [0.2, 0.25) is 0 Å². The minimum absolute atomic E-state index is 0.0755. The van der Waals surface area contributed by atoms with Crippen molar-refractivity contribution in [2.45, 2.75) is 84.2 Å². The lowest BCUT2D eigenvalue weighted by Crippen LogP contribution is -2.45. The van der Waals surface area contributed by atoms with Crippen LogP contribution in [0.5, 0.6) is 0 Å². The molecule has 2 aliphatic rings. The van der Waals surface area contributed by atoms with E-state index in [1.807, 2.05) is 86.6 Å². The van der Waals surface area contributed by atoms with E-state index in [1.54, 1.807) is 4.68 Å². The number of Topliss-reactive ketones (excluding diaryl/α,β-unsaturated/α-hetero) is 1. The van der Waals surface area contributed by atoms with Crippen LogP contribution in [0.15, 0.2) is 89.5 Å². The second-order valence-electron chi connectivity index (χ2n) is 15.0. The average Bonchev–Trinajstić information content (AvgIpc) is 3.75. The number of urea groups is 1. The van der Waals surface area contributed by atoms with Crippen LogP contribution in [0, 0.1) is 19.8 Å². The molecule has 9 nitrogen and oxygen atoms in total. The maximum atomic E-state index is 13.7. The molecule has 2 amide bonds. The normalized spacial score (nSPS) is 19.0. The number of carbonyl (C=O) groups excluding carboxylic acids is 2. The van der Waals surface area contributed by atoms with Crippen LogP contribution in [0.2, 0.25) is 0 Å². The zero-order chi connectivity index (χ0) is 35.0. The lowest BCUT2D eigenvalue weighted by molar-refractivity contribution is 0.0744. The molecule has 7 rings (SSSR count). The predicted octanol–water partition coefficient (Wildman–Crippen LogP) is 8.75. The SMILES string of the molecule is Cc1ccc(-n2nc(C(C)(C)C)cc2NC(=O)Nc2cccc(CC3CC4CCC(C3)N4CC(=O)c3c(-c4ccccc4)noc3C)c2)cc1. The second kappa shape index (κ2) is 13.7. The molecule has 2 fully saturated rings. The van der Waals surface area contributed by atoms with Crippen molar-refractivity contribution in [1.29, 1.82) is 0 Å². The van der Waals surface area contributed by atoms with E-state index in [-0.39, 0.29) is 17.2 Å². The van der Waals surface area contributed by atoms with E-state index in [0.29, 0.717) is 47.4 Å². The summed E-state index contributed by atoms with van der Waals surface area (Å²) >= 11 is 0. The lowest BCUT2D eigenvalue weighted by atomic mass is 9.85. The topological polar surface area (TPSA) is 105 Å². The second-order valence-corrected chi connectivity index (χ2v) is 15.0. The summed E-state index contributed by atoms with van der Waals surface area (Å²) in [6.07, 6.45) is 5.26. The van der Waals surface area contributed by atoms with Gasteiger partial charge in [-0.2, -0.15) is 5.10 Å². The molecule has 258 valence electrons. The number of ketones is 1. The van der Waals surface area contributed by atoms with Crippen LogP contribution in [0.3, 0.4) is 0 Å². The molecule has 2 bridgehead atoms. The molecule has 0 aliphatic carbocycles. The highest BCUT2D eigenvalue weighted by Crippen LogP contribution is 2.40. The molecule has 4 heterocycles. The lowest BCUT2D eigenvalue weighted by Gasteiger charge is -2.38. The van der Waals surface area contributed by atoms with E-state index < -0.39 is 0 Å². The highest BCUT2D eigenvalue weighted by Gasteiger charge is 2.42. The first-order chi connectivity index (χ1) is 24.0. The fourth-order valence-corrected chi connectivity index (χ4v) is 7.66. The van der Waals surface area contributed by atoms with E-state index in [4.69, 9.17) is 9.62 Å². The molecule has 2 unspecified atom stereocenters. The molecule has 3 aromatic carbocycles. The number of nitrogens with zero attached hydrogens (tertiary/aromatic N) is 4. The summed E-state index contributed by atoms with van der Waals surface area (Å²) < 4.78 is 7.28. The van der Waals surface area contributed by atoms with E-state index in [9.17, 15) is 9.59 Å². The van der Waals surface area contributed by atoms with Gasteiger partial charge in [-0.15, -0.1) is 0 Å². The minimum Gasteiger partial charge on any atom is -0.360 e. The van der Waals surface area contributed by atoms with Crippen molar-refractivity contribution in [2.75, 3.05) is 17.2 Å². The highest BCUT2D eigenvalue weighted by molar-refractivity contribution is 6.03. The van der Waals surface area contributed by atoms with Crippen molar-refractivity contribution in [1.82, 2.24) is 19.8 Å². The fourth-order valence-electron chi connectivity index (χ4n) is 7.66. The standard InChI is InChI=1S/C41H46N6O3/c1-26-14-16-32(17-15-26)47-37(24-36(44-47)41(3,4)5)43-40(49)42-31-13-9-10-28(21-31)20-29-22-33-18-19-34(23-29)46(33)25-35(48)38-27(2)50-45-39(38)30-11-7-6-8-12-30/h6-17,21,24,29,33-34H,18-20,22-23,25H2,1-5H3,(H2,42,43,49). The molecule has 2 atom stereocenters. The fraction of sp³-hybridized carbons (Fsp3) is 0.366. The maximum absolute atomic E-state index is 13.7. The molecule has 2 aromatic heterocycles. The van der Waals surface area contributed by atoms with E-state index in [0.717, 1.165) is 60.3 Å². The van der Waals surface area contributed by atoms with E-state index in [2.05, 4.69) is 53.6 Å². The van der Waals surface area contributed by atoms with Gasteiger partial charge in [0.05, 0.1) is 23.5 Å². The van der Waals surface area contributed by atoms with Gasteiger partial charge in [-0.3, -0.25) is 15.0 Å². The number of aryl methyl sites for hydroxylation is 2. The van der Waals surface area contributed by atoms with Crippen molar-refractivity contribution in [3.8, 4) is 16.9 Å². The number of carbonyl (C=O) groups is 2. The third kappa shape index (κ3) is 7.14. The molecule has 0 saturated carbocycles. The van der Waals surface area contributed by atoms with Gasteiger partial charge in [0.1, 0.15) is 17.3 Å². The minimum atomic E-state index is -0.314. The van der Waals surface area contributed by atoms with Crippen LogP contribution in [0.4, 0.5) is 16.3 Å². The number of fused-ring (bicyclic) bond motifs is 2. The smallest absolute Gasteiger partial charge is 0.324 e. The number of nitrogens with one attached hydrogen (secondary N) is 2. The molecule has 0 radical (unpaired) electrons. The summed E-state index contributed by atoms with van der Waals surface area (Å²) in [4.78, 5) is 29.4. The van der Waals surface area contributed by atoms with Crippen molar-refractivity contribution in [2.24, 2.45) is 5.92 Å². The number of benzene rings is 3. The van der Waals surface area contributed by atoms with Crippen LogP contribution in [-0.2, 0) is 11.8 Å². The predicted molar refractivity (Wildman–Crippen MR) is 197 cm³/mol.